The molecule has 148 valence electrons. The molecule has 0 saturated heterocycles. The number of nitrogens with zero attached hydrogens (tertiary/aromatic N) is 2. The summed E-state index contributed by atoms with van der Waals surface area (Å²) in [7, 11) is 0. The van der Waals surface area contributed by atoms with E-state index in [9.17, 15) is 0 Å². The van der Waals surface area contributed by atoms with Gasteiger partial charge in [-0.15, -0.1) is 0 Å². The number of hydrogen-bond donors (Lipinski definition) is 0. The average Bonchev–Trinajstić information content (AvgIpc) is 3.08. The predicted octanol–water partition coefficient (Wildman–Crippen LogP) is 7.10. The van der Waals surface area contributed by atoms with Crippen molar-refractivity contribution in [1.82, 2.24) is 9.55 Å². The molecule has 0 amide bonds. The summed E-state index contributed by atoms with van der Waals surface area (Å²) in [6.45, 7) is 5.42. The molecule has 0 unspecified atom stereocenters. The Kier molecular flexibility index (Phi) is 5.79. The lowest BCUT2D eigenvalue weighted by Crippen LogP contribution is -2.06. The van der Waals surface area contributed by atoms with Gasteiger partial charge in [-0.1, -0.05) is 35.3 Å². The van der Waals surface area contributed by atoms with Crippen LogP contribution >= 0.6 is 23.2 Å². The highest BCUT2D eigenvalue weighted by Crippen LogP contribution is 2.28. The second-order valence-electron chi connectivity index (χ2n) is 7.16. The van der Waals surface area contributed by atoms with Gasteiger partial charge in [0, 0.05) is 22.2 Å². The Hall–Kier alpha value is -2.49. The summed E-state index contributed by atoms with van der Waals surface area (Å²) in [6.07, 6.45) is 0.863. The summed E-state index contributed by atoms with van der Waals surface area (Å²) in [4.78, 5) is 4.85. The number of fused-ring (bicyclic) bond motifs is 1. The van der Waals surface area contributed by atoms with Crippen molar-refractivity contribution >= 4 is 34.2 Å². The van der Waals surface area contributed by atoms with Crippen LogP contribution in [-0.2, 0) is 6.54 Å². The summed E-state index contributed by atoms with van der Waals surface area (Å²) >= 11 is 12.3. The number of aromatic nitrogens is 2. The Morgan fingerprint density at radius 1 is 0.931 bits per heavy atom. The number of rotatable bonds is 6. The highest BCUT2D eigenvalue weighted by atomic mass is 35.5. The Morgan fingerprint density at radius 2 is 1.62 bits per heavy atom. The fraction of sp³-hybridized carbons (Fsp3) is 0.208. The van der Waals surface area contributed by atoms with Gasteiger partial charge in [0.1, 0.15) is 11.6 Å². The van der Waals surface area contributed by atoms with Crippen LogP contribution in [0.2, 0.25) is 10.0 Å². The van der Waals surface area contributed by atoms with Crippen molar-refractivity contribution in [2.24, 2.45) is 0 Å². The van der Waals surface area contributed by atoms with Crippen LogP contribution in [0, 0.1) is 13.8 Å². The minimum atomic E-state index is 0.618. The third-order valence-corrected chi connectivity index (χ3v) is 5.81. The summed E-state index contributed by atoms with van der Waals surface area (Å²) in [5.74, 6) is 1.80. The molecule has 0 N–H and O–H groups in total. The second-order valence-corrected chi connectivity index (χ2v) is 7.97. The highest BCUT2D eigenvalue weighted by molar-refractivity contribution is 6.32. The quantitative estimate of drug-likeness (QED) is 0.308. The number of aryl methyl sites for hydroxylation is 3. The first-order valence-corrected chi connectivity index (χ1v) is 10.4. The molecule has 0 spiro atoms. The fourth-order valence-corrected chi connectivity index (χ4v) is 3.76. The van der Waals surface area contributed by atoms with E-state index in [1.807, 2.05) is 68.4 Å². The first-order chi connectivity index (χ1) is 14.0. The van der Waals surface area contributed by atoms with Crippen LogP contribution in [0.25, 0.3) is 22.4 Å². The first kappa shape index (κ1) is 19.8. The van der Waals surface area contributed by atoms with Gasteiger partial charge >= 0.3 is 0 Å². The zero-order valence-electron chi connectivity index (χ0n) is 16.5. The smallest absolute Gasteiger partial charge is 0.141 e. The Balaban J connectivity index is 1.53. The predicted molar refractivity (Wildman–Crippen MR) is 121 cm³/mol. The maximum absolute atomic E-state index is 6.25. The molecular formula is C24H22Cl2N2O. The zero-order valence-corrected chi connectivity index (χ0v) is 18.0. The molecule has 4 aromatic rings. The van der Waals surface area contributed by atoms with Gasteiger partial charge in [0.15, 0.2) is 0 Å². The van der Waals surface area contributed by atoms with Crippen molar-refractivity contribution in [3.05, 3.63) is 81.8 Å². The highest BCUT2D eigenvalue weighted by Gasteiger charge is 2.12. The number of benzene rings is 3. The normalized spacial score (nSPS) is 11.2. The molecule has 0 bridgehead atoms. The molecule has 29 heavy (non-hydrogen) atoms. The molecule has 0 aliphatic heterocycles. The molecule has 1 heterocycles. The van der Waals surface area contributed by atoms with Gasteiger partial charge in [0.25, 0.3) is 0 Å². The van der Waals surface area contributed by atoms with Crippen LogP contribution in [0.5, 0.6) is 5.75 Å². The van der Waals surface area contributed by atoms with Crippen LogP contribution in [0.3, 0.4) is 0 Å². The number of halogens is 2. The van der Waals surface area contributed by atoms with Crippen molar-refractivity contribution in [3.63, 3.8) is 0 Å². The molecule has 1 aromatic heterocycles. The molecule has 3 aromatic carbocycles. The Morgan fingerprint density at radius 3 is 2.34 bits per heavy atom. The van der Waals surface area contributed by atoms with Crippen molar-refractivity contribution in [2.75, 3.05) is 6.61 Å². The molecular weight excluding hydrogens is 403 g/mol. The van der Waals surface area contributed by atoms with Crippen molar-refractivity contribution < 1.29 is 4.74 Å². The molecule has 0 atom stereocenters. The van der Waals surface area contributed by atoms with Crippen LogP contribution in [-0.4, -0.2) is 16.2 Å². The summed E-state index contributed by atoms with van der Waals surface area (Å²) in [6, 6.07) is 20.0. The standard InChI is InChI=1S/C24H22Cl2N2O/c1-16-14-20(15-17(2)23(16)26)29-13-5-12-28-22-7-4-3-6-21(22)27-24(28)18-8-10-19(25)11-9-18/h3-4,6-11,14-15H,5,12-13H2,1-2H3. The number of para-hydroxylation sites is 2. The first-order valence-electron chi connectivity index (χ1n) is 9.63. The van der Waals surface area contributed by atoms with E-state index in [1.54, 1.807) is 0 Å². The van der Waals surface area contributed by atoms with E-state index in [4.69, 9.17) is 32.9 Å². The molecule has 4 rings (SSSR count). The monoisotopic (exact) mass is 424 g/mol. The molecule has 0 fully saturated rings. The van der Waals surface area contributed by atoms with E-state index in [-0.39, 0.29) is 0 Å². The SMILES string of the molecule is Cc1cc(OCCCn2c(-c3ccc(Cl)cc3)nc3ccccc32)cc(C)c1Cl. The maximum Gasteiger partial charge on any atom is 0.141 e. The van der Waals surface area contributed by atoms with E-state index in [0.29, 0.717) is 6.61 Å². The van der Waals surface area contributed by atoms with E-state index >= 15 is 0 Å². The third-order valence-electron chi connectivity index (χ3n) is 4.96. The third kappa shape index (κ3) is 4.26. The Bertz CT molecular complexity index is 1130. The molecule has 5 heteroatoms. The van der Waals surface area contributed by atoms with E-state index in [1.165, 1.54) is 0 Å². The fourth-order valence-electron chi connectivity index (χ4n) is 3.52. The lowest BCUT2D eigenvalue weighted by atomic mass is 10.1. The summed E-state index contributed by atoms with van der Waals surface area (Å²) in [5, 5.41) is 1.52. The second kappa shape index (κ2) is 8.48. The lowest BCUT2D eigenvalue weighted by Gasteiger charge is -2.12. The van der Waals surface area contributed by atoms with E-state index in [2.05, 4.69) is 10.6 Å². The molecule has 0 saturated carbocycles. The van der Waals surface area contributed by atoms with Gasteiger partial charge in [-0.2, -0.15) is 0 Å². The van der Waals surface area contributed by atoms with Gasteiger partial charge in [-0.3, -0.25) is 0 Å². The summed E-state index contributed by atoms with van der Waals surface area (Å²) < 4.78 is 8.23. The molecule has 0 aliphatic rings. The van der Waals surface area contributed by atoms with Crippen LogP contribution in [0.4, 0.5) is 0 Å². The number of ether oxygens (including phenoxy) is 1. The van der Waals surface area contributed by atoms with E-state index in [0.717, 1.165) is 62.3 Å². The van der Waals surface area contributed by atoms with Crippen molar-refractivity contribution in [1.29, 1.82) is 0 Å². The number of imidazole rings is 1. The minimum Gasteiger partial charge on any atom is -0.494 e. The summed E-state index contributed by atoms with van der Waals surface area (Å²) in [5.41, 5.74) is 5.23. The van der Waals surface area contributed by atoms with E-state index < -0.39 is 0 Å². The van der Waals surface area contributed by atoms with Crippen LogP contribution in [0.15, 0.2) is 60.7 Å². The average molecular weight is 425 g/mol. The lowest BCUT2D eigenvalue weighted by molar-refractivity contribution is 0.302. The van der Waals surface area contributed by atoms with Gasteiger partial charge in [0.2, 0.25) is 0 Å². The van der Waals surface area contributed by atoms with Gasteiger partial charge in [-0.05, 0) is 79.9 Å². The van der Waals surface area contributed by atoms with Gasteiger partial charge in [0.05, 0.1) is 17.6 Å². The van der Waals surface area contributed by atoms with Crippen molar-refractivity contribution in [3.8, 4) is 17.1 Å². The molecule has 0 aliphatic carbocycles. The maximum atomic E-state index is 6.25. The van der Waals surface area contributed by atoms with Gasteiger partial charge in [-0.25, -0.2) is 4.98 Å². The minimum absolute atomic E-state index is 0.618. The molecule has 0 radical (unpaired) electrons. The molecule has 3 nitrogen and oxygen atoms in total. The van der Waals surface area contributed by atoms with Gasteiger partial charge < -0.3 is 9.30 Å². The zero-order chi connectivity index (χ0) is 20.4. The van der Waals surface area contributed by atoms with Crippen LogP contribution < -0.4 is 4.74 Å². The topological polar surface area (TPSA) is 27.1 Å². The largest absolute Gasteiger partial charge is 0.494 e. The van der Waals surface area contributed by atoms with Crippen molar-refractivity contribution in [2.45, 2.75) is 26.8 Å². The van der Waals surface area contributed by atoms with Crippen LogP contribution in [0.1, 0.15) is 17.5 Å². The Labute approximate surface area is 180 Å². The number of hydrogen-bond acceptors (Lipinski definition) is 2.